The number of aromatic carboxylic acids is 1. The van der Waals surface area contributed by atoms with Gasteiger partial charge in [-0.1, -0.05) is 24.3 Å². The lowest BCUT2D eigenvalue weighted by molar-refractivity contribution is -0.135. The monoisotopic (exact) mass is 427 g/mol. The Morgan fingerprint density at radius 1 is 0.935 bits per heavy atom. The number of benzene rings is 2. The molecule has 0 spiro atoms. The molecule has 2 aromatic rings. The second kappa shape index (κ2) is 11.6. The second-order valence-electron chi connectivity index (χ2n) is 7.10. The van der Waals surface area contributed by atoms with Crippen LogP contribution in [0.4, 0.5) is 0 Å². The zero-order valence-electron chi connectivity index (χ0n) is 17.4. The molecule has 2 N–H and O–H groups in total. The number of ether oxygens (including phenoxy) is 1. The minimum atomic E-state index is -1.01. The van der Waals surface area contributed by atoms with Crippen molar-refractivity contribution in [2.24, 2.45) is 5.92 Å². The lowest BCUT2D eigenvalue weighted by Crippen LogP contribution is -2.25. The lowest BCUT2D eigenvalue weighted by Gasteiger charge is -2.14. The third-order valence-corrected chi connectivity index (χ3v) is 4.59. The molecule has 0 saturated heterocycles. The molecule has 31 heavy (non-hydrogen) atoms. The number of Topliss-reactive ketones (excluding diaryl/α,β-unsaturated/α-hetero) is 1. The summed E-state index contributed by atoms with van der Waals surface area (Å²) >= 11 is 0. The molecule has 0 saturated carbocycles. The van der Waals surface area contributed by atoms with Gasteiger partial charge in [0.15, 0.2) is 0 Å². The van der Waals surface area contributed by atoms with Gasteiger partial charge in [-0.05, 0) is 55.2 Å². The van der Waals surface area contributed by atoms with Crippen LogP contribution in [0.15, 0.2) is 48.5 Å². The van der Waals surface area contributed by atoms with Crippen LogP contribution in [-0.4, -0.2) is 28.7 Å². The Kier molecular flexibility index (Phi) is 8.90. The highest BCUT2D eigenvalue weighted by Gasteiger charge is 2.17. The number of carbonyl (C=O) groups excluding carboxylic acids is 3. The number of hydrogen-bond donors (Lipinski definition) is 2. The SMILES string of the molecule is CC(=O)Oc1ccc(CONC(=O)CCC(Cc2ccc(C(=O)O)cc2)C(C)=O)cc1. The van der Waals surface area contributed by atoms with Gasteiger partial charge < -0.3 is 9.84 Å². The van der Waals surface area contributed by atoms with Crippen LogP contribution >= 0.6 is 0 Å². The largest absolute Gasteiger partial charge is 0.478 e. The number of nitrogens with one attached hydrogen (secondary N) is 1. The summed E-state index contributed by atoms with van der Waals surface area (Å²) in [4.78, 5) is 51.0. The number of amides is 1. The van der Waals surface area contributed by atoms with E-state index in [1.807, 2.05) is 0 Å². The highest BCUT2D eigenvalue weighted by atomic mass is 16.6. The van der Waals surface area contributed by atoms with Crippen molar-refractivity contribution < 1.29 is 33.9 Å². The average Bonchev–Trinajstić information content (AvgIpc) is 2.72. The topological polar surface area (TPSA) is 119 Å². The van der Waals surface area contributed by atoms with Crippen LogP contribution in [0.25, 0.3) is 0 Å². The van der Waals surface area contributed by atoms with Gasteiger partial charge in [-0.2, -0.15) is 0 Å². The molecular formula is C23H25NO7. The van der Waals surface area contributed by atoms with Crippen LogP contribution in [0.2, 0.25) is 0 Å². The van der Waals surface area contributed by atoms with Crippen LogP contribution < -0.4 is 10.2 Å². The van der Waals surface area contributed by atoms with Gasteiger partial charge in [-0.25, -0.2) is 10.3 Å². The van der Waals surface area contributed by atoms with Crippen LogP contribution in [0.1, 0.15) is 48.2 Å². The van der Waals surface area contributed by atoms with Gasteiger partial charge in [0.25, 0.3) is 0 Å². The first-order valence-electron chi connectivity index (χ1n) is 9.75. The molecular weight excluding hydrogens is 402 g/mol. The van der Waals surface area contributed by atoms with E-state index in [-0.39, 0.29) is 36.2 Å². The zero-order valence-corrected chi connectivity index (χ0v) is 17.4. The van der Waals surface area contributed by atoms with Crippen LogP contribution in [0, 0.1) is 5.92 Å². The molecule has 0 radical (unpaired) electrons. The Hall–Kier alpha value is -3.52. The van der Waals surface area contributed by atoms with E-state index in [0.29, 0.717) is 18.6 Å². The highest BCUT2D eigenvalue weighted by Crippen LogP contribution is 2.17. The summed E-state index contributed by atoms with van der Waals surface area (Å²) in [6.07, 6.45) is 0.892. The van der Waals surface area contributed by atoms with Crippen molar-refractivity contribution in [2.45, 2.75) is 39.7 Å². The smallest absolute Gasteiger partial charge is 0.335 e. The molecule has 1 amide bonds. The number of esters is 1. The van der Waals surface area contributed by atoms with E-state index < -0.39 is 11.9 Å². The van der Waals surface area contributed by atoms with E-state index >= 15 is 0 Å². The summed E-state index contributed by atoms with van der Waals surface area (Å²) in [6, 6.07) is 13.0. The van der Waals surface area contributed by atoms with Crippen molar-refractivity contribution >= 4 is 23.6 Å². The third-order valence-electron chi connectivity index (χ3n) is 4.59. The summed E-state index contributed by atoms with van der Waals surface area (Å²) in [5.41, 5.74) is 4.15. The molecule has 1 unspecified atom stereocenters. The number of carboxylic acids is 1. The Labute approximate surface area is 180 Å². The fourth-order valence-corrected chi connectivity index (χ4v) is 2.89. The first-order chi connectivity index (χ1) is 14.7. The second-order valence-corrected chi connectivity index (χ2v) is 7.10. The number of carbonyl (C=O) groups is 4. The molecule has 2 aromatic carbocycles. The molecule has 0 aliphatic carbocycles. The maximum absolute atomic E-state index is 12.0. The number of ketones is 1. The van der Waals surface area contributed by atoms with E-state index in [9.17, 15) is 19.2 Å². The van der Waals surface area contributed by atoms with Crippen molar-refractivity contribution in [2.75, 3.05) is 0 Å². The van der Waals surface area contributed by atoms with Crippen LogP contribution in [0.3, 0.4) is 0 Å². The van der Waals surface area contributed by atoms with Gasteiger partial charge in [-0.15, -0.1) is 0 Å². The number of hydrogen-bond acceptors (Lipinski definition) is 6. The summed E-state index contributed by atoms with van der Waals surface area (Å²) in [5.74, 6) is -1.72. The molecule has 0 aromatic heterocycles. The molecule has 0 aliphatic heterocycles. The van der Waals surface area contributed by atoms with Gasteiger partial charge in [0, 0.05) is 19.3 Å². The third kappa shape index (κ3) is 8.39. The normalized spacial score (nSPS) is 11.4. The lowest BCUT2D eigenvalue weighted by atomic mass is 9.91. The summed E-state index contributed by atoms with van der Waals surface area (Å²) in [5, 5.41) is 8.95. The molecule has 0 bridgehead atoms. The zero-order chi connectivity index (χ0) is 22.8. The van der Waals surface area contributed by atoms with Gasteiger partial charge >= 0.3 is 11.9 Å². The molecule has 0 aliphatic rings. The van der Waals surface area contributed by atoms with Crippen molar-refractivity contribution in [1.82, 2.24) is 5.48 Å². The minimum Gasteiger partial charge on any atom is -0.478 e. The first kappa shape index (κ1) is 23.8. The van der Waals surface area contributed by atoms with E-state index in [1.165, 1.54) is 26.0 Å². The molecule has 2 rings (SSSR count). The Morgan fingerprint density at radius 3 is 2.10 bits per heavy atom. The number of hydroxylamine groups is 1. The van der Waals surface area contributed by atoms with Gasteiger partial charge in [0.05, 0.1) is 12.2 Å². The van der Waals surface area contributed by atoms with Crippen LogP contribution in [-0.2, 0) is 32.2 Å². The molecule has 164 valence electrons. The van der Waals surface area contributed by atoms with Crippen molar-refractivity contribution in [3.63, 3.8) is 0 Å². The Morgan fingerprint density at radius 2 is 1.55 bits per heavy atom. The molecule has 0 fully saturated rings. The highest BCUT2D eigenvalue weighted by molar-refractivity contribution is 5.87. The molecule has 8 nitrogen and oxygen atoms in total. The fourth-order valence-electron chi connectivity index (χ4n) is 2.89. The molecule has 1 atom stereocenters. The summed E-state index contributed by atoms with van der Waals surface area (Å²) in [7, 11) is 0. The maximum Gasteiger partial charge on any atom is 0.335 e. The quantitative estimate of drug-likeness (QED) is 0.321. The number of rotatable bonds is 11. The Balaban J connectivity index is 1.76. The molecule has 0 heterocycles. The van der Waals surface area contributed by atoms with E-state index in [4.69, 9.17) is 14.7 Å². The van der Waals surface area contributed by atoms with Crippen LogP contribution in [0.5, 0.6) is 5.75 Å². The van der Waals surface area contributed by atoms with Crippen molar-refractivity contribution in [3.05, 3.63) is 65.2 Å². The average molecular weight is 427 g/mol. The molecule has 8 heteroatoms. The predicted octanol–water partition coefficient (Wildman–Crippen LogP) is 3.09. The van der Waals surface area contributed by atoms with Gasteiger partial charge in [0.2, 0.25) is 5.91 Å². The first-order valence-corrected chi connectivity index (χ1v) is 9.75. The van der Waals surface area contributed by atoms with Gasteiger partial charge in [-0.3, -0.25) is 19.2 Å². The summed E-state index contributed by atoms with van der Waals surface area (Å²) in [6.45, 7) is 2.93. The Bertz CT molecular complexity index is 920. The minimum absolute atomic E-state index is 0.0381. The van der Waals surface area contributed by atoms with Crippen molar-refractivity contribution in [3.8, 4) is 5.75 Å². The van der Waals surface area contributed by atoms with Crippen molar-refractivity contribution in [1.29, 1.82) is 0 Å². The van der Waals surface area contributed by atoms with Gasteiger partial charge in [0.1, 0.15) is 11.5 Å². The standard InChI is InChI=1S/C23H25NO7/c1-15(25)20(13-17-3-7-19(8-4-17)23(28)29)9-12-22(27)24-30-14-18-5-10-21(11-6-18)31-16(2)26/h3-8,10-11,20H,9,12-14H2,1-2H3,(H,24,27)(H,28,29). The van der Waals surface area contributed by atoms with E-state index in [0.717, 1.165) is 11.1 Å². The number of carboxylic acid groups (broad SMARTS) is 1. The predicted molar refractivity (Wildman–Crippen MR) is 111 cm³/mol. The summed E-state index contributed by atoms with van der Waals surface area (Å²) < 4.78 is 4.94. The maximum atomic E-state index is 12.0. The fraction of sp³-hybridized carbons (Fsp3) is 0.304. The van der Waals surface area contributed by atoms with E-state index in [1.54, 1.807) is 36.4 Å². The van der Waals surface area contributed by atoms with E-state index in [2.05, 4.69) is 5.48 Å².